The Morgan fingerprint density at radius 1 is 1.29 bits per heavy atom. The first-order valence-electron chi connectivity index (χ1n) is 8.86. The van der Waals surface area contributed by atoms with Crippen molar-refractivity contribution in [1.82, 2.24) is 19.7 Å². The second kappa shape index (κ2) is 7.49. The summed E-state index contributed by atoms with van der Waals surface area (Å²) in [6, 6.07) is 4.14. The standard InChI is InChI=1S/C18H28N4O2/c1-13(16-5-4-14(2)24-16)6-9-22-10-7-15(8-11-22)18-20-19-17(12-23)21(18)3/h4-5,13,15,23H,6-12H2,1-3H3/t13-/m1/s1. The van der Waals surface area contributed by atoms with Crippen molar-refractivity contribution in [3.8, 4) is 0 Å². The molecule has 24 heavy (non-hydrogen) atoms. The largest absolute Gasteiger partial charge is 0.466 e. The van der Waals surface area contributed by atoms with Gasteiger partial charge in [0.05, 0.1) is 0 Å². The zero-order chi connectivity index (χ0) is 17.1. The van der Waals surface area contributed by atoms with Crippen LogP contribution in [-0.4, -0.2) is 44.4 Å². The fraction of sp³-hybridized carbons (Fsp3) is 0.667. The van der Waals surface area contributed by atoms with Gasteiger partial charge in [0.25, 0.3) is 0 Å². The van der Waals surface area contributed by atoms with Crippen LogP contribution in [-0.2, 0) is 13.7 Å². The molecule has 1 saturated heterocycles. The average Bonchev–Trinajstić information content (AvgIpc) is 3.19. The van der Waals surface area contributed by atoms with E-state index in [4.69, 9.17) is 4.42 Å². The Hall–Kier alpha value is -1.66. The molecular weight excluding hydrogens is 304 g/mol. The molecule has 1 atom stereocenters. The summed E-state index contributed by atoms with van der Waals surface area (Å²) in [6.45, 7) is 7.48. The molecule has 2 aromatic rings. The first kappa shape index (κ1) is 17.2. The minimum atomic E-state index is -0.0491. The first-order chi connectivity index (χ1) is 11.6. The maximum absolute atomic E-state index is 9.25. The second-order valence-electron chi connectivity index (χ2n) is 6.95. The number of hydrogen-bond acceptors (Lipinski definition) is 5. The fourth-order valence-electron chi connectivity index (χ4n) is 3.52. The van der Waals surface area contributed by atoms with Gasteiger partial charge in [0.15, 0.2) is 5.82 Å². The van der Waals surface area contributed by atoms with E-state index in [0.717, 1.165) is 56.2 Å². The lowest BCUT2D eigenvalue weighted by Gasteiger charge is -2.31. The number of aryl methyl sites for hydroxylation is 1. The van der Waals surface area contributed by atoms with E-state index >= 15 is 0 Å². The van der Waals surface area contributed by atoms with E-state index in [9.17, 15) is 5.11 Å². The van der Waals surface area contributed by atoms with Crippen LogP contribution in [0.4, 0.5) is 0 Å². The number of aliphatic hydroxyl groups is 1. The van der Waals surface area contributed by atoms with Gasteiger partial charge in [-0.3, -0.25) is 0 Å². The highest BCUT2D eigenvalue weighted by atomic mass is 16.3. The van der Waals surface area contributed by atoms with Crippen LogP contribution in [0.25, 0.3) is 0 Å². The quantitative estimate of drug-likeness (QED) is 0.880. The van der Waals surface area contributed by atoms with Gasteiger partial charge in [-0.2, -0.15) is 0 Å². The highest BCUT2D eigenvalue weighted by Gasteiger charge is 2.25. The summed E-state index contributed by atoms with van der Waals surface area (Å²) in [4.78, 5) is 2.53. The van der Waals surface area contributed by atoms with Crippen LogP contribution >= 0.6 is 0 Å². The number of furan rings is 1. The van der Waals surface area contributed by atoms with Crippen LogP contribution in [0, 0.1) is 6.92 Å². The summed E-state index contributed by atoms with van der Waals surface area (Å²) >= 11 is 0. The first-order valence-corrected chi connectivity index (χ1v) is 8.86. The van der Waals surface area contributed by atoms with E-state index in [1.165, 1.54) is 0 Å². The van der Waals surface area contributed by atoms with Gasteiger partial charge in [0.2, 0.25) is 0 Å². The second-order valence-corrected chi connectivity index (χ2v) is 6.95. The fourth-order valence-corrected chi connectivity index (χ4v) is 3.52. The summed E-state index contributed by atoms with van der Waals surface area (Å²) in [7, 11) is 1.94. The molecule has 6 heteroatoms. The van der Waals surface area contributed by atoms with E-state index in [1.807, 2.05) is 24.6 Å². The molecule has 1 fully saturated rings. The van der Waals surface area contributed by atoms with Crippen LogP contribution in [0.5, 0.6) is 0 Å². The molecule has 1 aliphatic rings. The molecular formula is C18H28N4O2. The van der Waals surface area contributed by atoms with Crippen LogP contribution < -0.4 is 0 Å². The molecule has 6 nitrogen and oxygen atoms in total. The topological polar surface area (TPSA) is 67.3 Å². The van der Waals surface area contributed by atoms with E-state index in [0.29, 0.717) is 17.7 Å². The zero-order valence-electron chi connectivity index (χ0n) is 14.9. The lowest BCUT2D eigenvalue weighted by Crippen LogP contribution is -2.34. The van der Waals surface area contributed by atoms with Crippen molar-refractivity contribution in [2.75, 3.05) is 19.6 Å². The Morgan fingerprint density at radius 3 is 2.62 bits per heavy atom. The van der Waals surface area contributed by atoms with Gasteiger partial charge in [0.1, 0.15) is 24.0 Å². The molecule has 0 bridgehead atoms. The van der Waals surface area contributed by atoms with Crippen LogP contribution in [0.3, 0.4) is 0 Å². The summed E-state index contributed by atoms with van der Waals surface area (Å²) in [5.74, 6) is 4.65. The number of hydrogen-bond donors (Lipinski definition) is 1. The molecule has 1 N–H and O–H groups in total. The summed E-state index contributed by atoms with van der Waals surface area (Å²) in [5.41, 5.74) is 0. The van der Waals surface area contributed by atoms with Gasteiger partial charge in [-0.25, -0.2) is 0 Å². The number of likely N-dealkylation sites (tertiary alicyclic amines) is 1. The van der Waals surface area contributed by atoms with Gasteiger partial charge < -0.3 is 19.0 Å². The van der Waals surface area contributed by atoms with Crippen molar-refractivity contribution in [3.63, 3.8) is 0 Å². The number of piperidine rings is 1. The molecule has 0 radical (unpaired) electrons. The molecule has 0 unspecified atom stereocenters. The van der Waals surface area contributed by atoms with Crippen molar-refractivity contribution in [3.05, 3.63) is 35.3 Å². The maximum Gasteiger partial charge on any atom is 0.158 e. The smallest absolute Gasteiger partial charge is 0.158 e. The Bertz CT molecular complexity index is 656. The van der Waals surface area contributed by atoms with Crippen LogP contribution in [0.2, 0.25) is 0 Å². The minimum absolute atomic E-state index is 0.0491. The van der Waals surface area contributed by atoms with Gasteiger partial charge in [-0.15, -0.1) is 10.2 Å². The molecule has 0 amide bonds. The predicted octanol–water partition coefficient (Wildman–Crippen LogP) is 2.58. The normalized spacial score (nSPS) is 18.2. The monoisotopic (exact) mass is 332 g/mol. The van der Waals surface area contributed by atoms with E-state index in [1.54, 1.807) is 0 Å². The zero-order valence-corrected chi connectivity index (χ0v) is 14.9. The molecule has 0 spiro atoms. The van der Waals surface area contributed by atoms with Crippen LogP contribution in [0.15, 0.2) is 16.5 Å². The highest BCUT2D eigenvalue weighted by Crippen LogP contribution is 2.28. The molecule has 1 aliphatic heterocycles. The lowest BCUT2D eigenvalue weighted by atomic mass is 9.95. The SMILES string of the molecule is Cc1ccc([C@H](C)CCN2CCC(c3nnc(CO)n3C)CC2)o1. The van der Waals surface area contributed by atoms with Gasteiger partial charge in [-0.05, 0) is 58.0 Å². The number of rotatable bonds is 6. The van der Waals surface area contributed by atoms with Crippen molar-refractivity contribution < 1.29 is 9.52 Å². The van der Waals surface area contributed by atoms with Gasteiger partial charge in [-0.1, -0.05) is 6.92 Å². The Morgan fingerprint density at radius 2 is 2.04 bits per heavy atom. The highest BCUT2D eigenvalue weighted by molar-refractivity contribution is 5.09. The third-order valence-corrected chi connectivity index (χ3v) is 5.22. The van der Waals surface area contributed by atoms with Crippen molar-refractivity contribution in [2.45, 2.75) is 51.6 Å². The summed E-state index contributed by atoms with van der Waals surface area (Å²) in [5, 5.41) is 17.6. The number of aliphatic hydroxyl groups excluding tert-OH is 1. The molecule has 0 aliphatic carbocycles. The molecule has 2 aromatic heterocycles. The van der Waals surface area contributed by atoms with E-state index in [2.05, 4.69) is 28.1 Å². The van der Waals surface area contributed by atoms with E-state index < -0.39 is 0 Å². The maximum atomic E-state index is 9.25. The van der Waals surface area contributed by atoms with Gasteiger partial charge in [0, 0.05) is 18.9 Å². The van der Waals surface area contributed by atoms with Crippen molar-refractivity contribution in [2.24, 2.45) is 7.05 Å². The third kappa shape index (κ3) is 3.70. The molecule has 3 rings (SSSR count). The average molecular weight is 332 g/mol. The molecule has 3 heterocycles. The lowest BCUT2D eigenvalue weighted by molar-refractivity contribution is 0.200. The van der Waals surface area contributed by atoms with Crippen molar-refractivity contribution in [1.29, 1.82) is 0 Å². The van der Waals surface area contributed by atoms with E-state index in [-0.39, 0.29) is 6.61 Å². The molecule has 0 saturated carbocycles. The number of nitrogens with zero attached hydrogens (tertiary/aromatic N) is 4. The number of aromatic nitrogens is 3. The molecule has 0 aromatic carbocycles. The summed E-state index contributed by atoms with van der Waals surface area (Å²) < 4.78 is 7.68. The van der Waals surface area contributed by atoms with Crippen LogP contribution in [0.1, 0.15) is 61.2 Å². The Kier molecular flexibility index (Phi) is 5.36. The predicted molar refractivity (Wildman–Crippen MR) is 91.8 cm³/mol. The summed E-state index contributed by atoms with van der Waals surface area (Å²) in [6.07, 6.45) is 3.33. The van der Waals surface area contributed by atoms with Crippen molar-refractivity contribution >= 4 is 0 Å². The Labute approximate surface area is 143 Å². The minimum Gasteiger partial charge on any atom is -0.466 e. The van der Waals surface area contributed by atoms with Gasteiger partial charge >= 0.3 is 0 Å². The molecule has 132 valence electrons. The third-order valence-electron chi connectivity index (χ3n) is 5.22. The Balaban J connectivity index is 1.47.